The lowest BCUT2D eigenvalue weighted by Gasteiger charge is -2.22. The third-order valence-electron chi connectivity index (χ3n) is 4.36. The van der Waals surface area contributed by atoms with Crippen molar-refractivity contribution in [1.82, 2.24) is 4.90 Å². The summed E-state index contributed by atoms with van der Waals surface area (Å²) >= 11 is 1.61. The van der Waals surface area contributed by atoms with Crippen molar-refractivity contribution >= 4 is 23.0 Å². The van der Waals surface area contributed by atoms with E-state index in [1.54, 1.807) is 59.7 Å². The van der Waals surface area contributed by atoms with Gasteiger partial charge in [-0.25, -0.2) is 0 Å². The molecule has 0 spiro atoms. The monoisotopic (exact) mass is 409 g/mol. The maximum Gasteiger partial charge on any atom is 0.260 e. The van der Waals surface area contributed by atoms with Gasteiger partial charge in [0.2, 0.25) is 0 Å². The number of thiophene rings is 1. The van der Waals surface area contributed by atoms with Crippen LogP contribution in [0.5, 0.6) is 5.75 Å². The Labute approximate surface area is 174 Å². The highest BCUT2D eigenvalue weighted by Gasteiger charge is 2.15. The number of carbonyl (C=O) groups excluding carboxylic acids is 2. The summed E-state index contributed by atoms with van der Waals surface area (Å²) in [5.74, 6) is 0.389. The molecule has 3 rings (SSSR count). The minimum Gasteiger partial charge on any atom is -0.484 e. The third kappa shape index (κ3) is 6.01. The van der Waals surface area contributed by atoms with E-state index in [1.807, 2.05) is 35.7 Å². The van der Waals surface area contributed by atoms with E-state index in [0.29, 0.717) is 36.6 Å². The fourth-order valence-electron chi connectivity index (χ4n) is 2.78. The minimum atomic E-state index is -0.111. The second-order valence-corrected chi connectivity index (χ2v) is 7.43. The molecule has 1 heterocycles. The van der Waals surface area contributed by atoms with Gasteiger partial charge in [0, 0.05) is 29.7 Å². The maximum absolute atomic E-state index is 12.6. The minimum absolute atomic E-state index is 0.0464. The summed E-state index contributed by atoms with van der Waals surface area (Å²) in [6, 6.07) is 19.9. The summed E-state index contributed by atoms with van der Waals surface area (Å²) < 4.78 is 10.8. The van der Waals surface area contributed by atoms with Crippen LogP contribution < -0.4 is 4.74 Å². The van der Waals surface area contributed by atoms with Crippen LogP contribution in [0.25, 0.3) is 0 Å². The van der Waals surface area contributed by atoms with Crippen molar-refractivity contribution in [1.29, 1.82) is 0 Å². The number of nitrogens with zero attached hydrogens (tertiary/aromatic N) is 1. The number of ether oxygens (including phenoxy) is 2. The van der Waals surface area contributed by atoms with E-state index in [0.717, 1.165) is 4.88 Å². The second-order valence-electron chi connectivity index (χ2n) is 6.40. The van der Waals surface area contributed by atoms with E-state index < -0.39 is 0 Å². The third-order valence-corrected chi connectivity index (χ3v) is 5.22. The fraction of sp³-hybridized carbons (Fsp3) is 0.217. The molecular formula is C23H23NO4S. The van der Waals surface area contributed by atoms with Crippen LogP contribution in [0.3, 0.4) is 0 Å². The number of rotatable bonds is 10. The second kappa shape index (κ2) is 10.5. The number of benzene rings is 2. The zero-order valence-electron chi connectivity index (χ0n) is 16.2. The molecule has 150 valence electrons. The predicted molar refractivity (Wildman–Crippen MR) is 113 cm³/mol. The summed E-state index contributed by atoms with van der Waals surface area (Å²) in [5.41, 5.74) is 1.22. The molecule has 0 saturated carbocycles. The molecule has 1 aromatic heterocycles. The van der Waals surface area contributed by atoms with Crippen LogP contribution in [0.2, 0.25) is 0 Å². The van der Waals surface area contributed by atoms with Crippen LogP contribution >= 0.6 is 11.3 Å². The highest BCUT2D eigenvalue weighted by molar-refractivity contribution is 7.09. The molecule has 1 amide bonds. The van der Waals surface area contributed by atoms with Crippen LogP contribution in [-0.2, 0) is 16.1 Å². The molecule has 0 saturated heterocycles. The first-order valence-corrected chi connectivity index (χ1v) is 10.2. The number of methoxy groups -OCH3 is 1. The van der Waals surface area contributed by atoms with Crippen molar-refractivity contribution in [3.05, 3.63) is 88.1 Å². The van der Waals surface area contributed by atoms with Gasteiger partial charge in [-0.1, -0.05) is 36.4 Å². The molecule has 3 aromatic rings. The van der Waals surface area contributed by atoms with Crippen LogP contribution in [-0.4, -0.2) is 43.5 Å². The van der Waals surface area contributed by atoms with Crippen molar-refractivity contribution in [2.24, 2.45) is 0 Å². The molecule has 0 atom stereocenters. The molecule has 2 aromatic carbocycles. The van der Waals surface area contributed by atoms with Crippen molar-refractivity contribution < 1.29 is 19.1 Å². The largest absolute Gasteiger partial charge is 0.484 e. The molecule has 0 aliphatic heterocycles. The fourth-order valence-corrected chi connectivity index (χ4v) is 3.50. The van der Waals surface area contributed by atoms with Gasteiger partial charge in [-0.15, -0.1) is 11.3 Å². The molecule has 0 aliphatic carbocycles. The van der Waals surface area contributed by atoms with Gasteiger partial charge in [-0.2, -0.15) is 0 Å². The van der Waals surface area contributed by atoms with Gasteiger partial charge < -0.3 is 14.4 Å². The zero-order valence-corrected chi connectivity index (χ0v) is 17.1. The van der Waals surface area contributed by atoms with Crippen LogP contribution in [0.15, 0.2) is 72.1 Å². The normalized spacial score (nSPS) is 10.5. The first-order valence-electron chi connectivity index (χ1n) is 9.29. The Bertz CT molecular complexity index is 908. The van der Waals surface area contributed by atoms with Crippen molar-refractivity contribution in [3.63, 3.8) is 0 Å². The number of hydrogen-bond acceptors (Lipinski definition) is 5. The zero-order chi connectivity index (χ0) is 20.5. The van der Waals surface area contributed by atoms with Gasteiger partial charge in [0.1, 0.15) is 5.75 Å². The highest BCUT2D eigenvalue weighted by atomic mass is 32.1. The molecule has 0 radical (unpaired) electrons. The molecule has 0 aliphatic rings. The van der Waals surface area contributed by atoms with E-state index in [1.165, 1.54) is 0 Å². The molecule has 0 unspecified atom stereocenters. The topological polar surface area (TPSA) is 55.8 Å². The number of hydrogen-bond donors (Lipinski definition) is 0. The van der Waals surface area contributed by atoms with E-state index in [4.69, 9.17) is 9.47 Å². The molecular weight excluding hydrogens is 386 g/mol. The number of amides is 1. The average Bonchev–Trinajstić information content (AvgIpc) is 3.28. The molecule has 5 nitrogen and oxygen atoms in total. The van der Waals surface area contributed by atoms with Gasteiger partial charge in [0.15, 0.2) is 12.4 Å². The Morgan fingerprint density at radius 3 is 2.31 bits per heavy atom. The average molecular weight is 410 g/mol. The lowest BCUT2D eigenvalue weighted by molar-refractivity contribution is -0.134. The highest BCUT2D eigenvalue weighted by Crippen LogP contribution is 2.16. The Balaban J connectivity index is 1.57. The molecule has 0 fully saturated rings. The van der Waals surface area contributed by atoms with E-state index in [2.05, 4.69) is 0 Å². The van der Waals surface area contributed by atoms with Gasteiger partial charge in [0.05, 0.1) is 13.2 Å². The van der Waals surface area contributed by atoms with E-state index >= 15 is 0 Å². The van der Waals surface area contributed by atoms with E-state index in [-0.39, 0.29) is 18.3 Å². The van der Waals surface area contributed by atoms with Crippen molar-refractivity contribution in [2.45, 2.75) is 6.54 Å². The van der Waals surface area contributed by atoms with E-state index in [9.17, 15) is 9.59 Å². The SMILES string of the molecule is COCCN(Cc1cccs1)C(=O)COc1ccc(C(=O)c2ccccc2)cc1. The Morgan fingerprint density at radius 1 is 0.931 bits per heavy atom. The van der Waals surface area contributed by atoms with Gasteiger partial charge in [-0.05, 0) is 35.7 Å². The number of carbonyl (C=O) groups is 2. The molecule has 6 heteroatoms. The summed E-state index contributed by atoms with van der Waals surface area (Å²) in [5, 5.41) is 1.99. The molecule has 0 bridgehead atoms. The van der Waals surface area contributed by atoms with Crippen LogP contribution in [0, 0.1) is 0 Å². The number of ketones is 1. The summed E-state index contributed by atoms with van der Waals surface area (Å²) in [7, 11) is 1.61. The van der Waals surface area contributed by atoms with Crippen molar-refractivity contribution in [2.75, 3.05) is 26.9 Å². The first kappa shape index (κ1) is 20.8. The quantitative estimate of drug-likeness (QED) is 0.475. The van der Waals surface area contributed by atoms with Gasteiger partial charge in [0.25, 0.3) is 5.91 Å². The Morgan fingerprint density at radius 2 is 1.66 bits per heavy atom. The maximum atomic E-state index is 12.6. The summed E-state index contributed by atoms with van der Waals surface area (Å²) in [4.78, 5) is 27.9. The van der Waals surface area contributed by atoms with Gasteiger partial charge in [-0.3, -0.25) is 9.59 Å². The molecule has 29 heavy (non-hydrogen) atoms. The summed E-state index contributed by atoms with van der Waals surface area (Å²) in [6.07, 6.45) is 0. The van der Waals surface area contributed by atoms with Crippen LogP contribution in [0.1, 0.15) is 20.8 Å². The molecule has 0 N–H and O–H groups in total. The lowest BCUT2D eigenvalue weighted by Crippen LogP contribution is -2.36. The van der Waals surface area contributed by atoms with Crippen molar-refractivity contribution in [3.8, 4) is 5.75 Å². The van der Waals surface area contributed by atoms with Gasteiger partial charge >= 0.3 is 0 Å². The smallest absolute Gasteiger partial charge is 0.260 e. The Hall–Kier alpha value is -2.96. The predicted octanol–water partition coefficient (Wildman–Crippen LogP) is 4.03. The first-order chi connectivity index (χ1) is 14.2. The standard InChI is InChI=1S/C23H23NO4S/c1-27-14-13-24(16-21-8-5-15-29-21)22(25)17-28-20-11-9-19(10-12-20)23(26)18-6-3-2-4-7-18/h2-12,15H,13-14,16-17H2,1H3. The lowest BCUT2D eigenvalue weighted by atomic mass is 10.0. The summed E-state index contributed by atoms with van der Waals surface area (Å²) in [6.45, 7) is 1.43. The van der Waals surface area contributed by atoms with Crippen LogP contribution in [0.4, 0.5) is 0 Å². The Kier molecular flexibility index (Phi) is 7.55.